The van der Waals surface area contributed by atoms with Crippen LogP contribution < -0.4 is 0 Å². The smallest absolute Gasteiger partial charge is 0.195 e. The quantitative estimate of drug-likeness (QED) is 0.622. The van der Waals surface area contributed by atoms with Crippen LogP contribution in [0.5, 0.6) is 0 Å². The van der Waals surface area contributed by atoms with Crippen molar-refractivity contribution in [2.75, 3.05) is 0 Å². The van der Waals surface area contributed by atoms with Gasteiger partial charge in [0.05, 0.1) is 5.56 Å². The normalized spacial score (nSPS) is 10.7. The number of rotatable bonds is 2. The summed E-state index contributed by atoms with van der Waals surface area (Å²) in [6.07, 6.45) is 0. The lowest BCUT2D eigenvalue weighted by molar-refractivity contribution is 0.103. The number of carbonyl (C=O) groups excluding carboxylic acids is 1. The highest BCUT2D eigenvalue weighted by atomic mass is 19.1. The molecule has 0 fully saturated rings. The molecule has 0 saturated carbocycles. The molecule has 0 amide bonds. The van der Waals surface area contributed by atoms with Crippen molar-refractivity contribution >= 4 is 16.6 Å². The summed E-state index contributed by atoms with van der Waals surface area (Å²) in [4.78, 5) is 12.4. The standard InChI is InChI=1S/C18H13FO/c1-12-5-4-8-16(17(12)19)18(20)15-10-9-13-6-2-3-7-14(13)11-15/h2-11H,1H3. The van der Waals surface area contributed by atoms with E-state index in [1.807, 2.05) is 30.3 Å². The van der Waals surface area contributed by atoms with Gasteiger partial charge in [0, 0.05) is 5.56 Å². The summed E-state index contributed by atoms with van der Waals surface area (Å²) in [5, 5.41) is 2.04. The zero-order valence-electron chi connectivity index (χ0n) is 11.1. The molecule has 3 aromatic carbocycles. The molecule has 2 heteroatoms. The lowest BCUT2D eigenvalue weighted by Gasteiger charge is -2.06. The first-order chi connectivity index (χ1) is 9.66. The molecule has 0 spiro atoms. The summed E-state index contributed by atoms with van der Waals surface area (Å²) in [6, 6.07) is 18.1. The molecule has 20 heavy (non-hydrogen) atoms. The van der Waals surface area contributed by atoms with Gasteiger partial charge in [0.15, 0.2) is 5.78 Å². The van der Waals surface area contributed by atoms with Crippen LogP contribution in [0.1, 0.15) is 21.5 Å². The topological polar surface area (TPSA) is 17.1 Å². The number of benzene rings is 3. The fraction of sp³-hybridized carbons (Fsp3) is 0.0556. The molecule has 0 aliphatic carbocycles. The van der Waals surface area contributed by atoms with Crippen LogP contribution in [-0.4, -0.2) is 5.78 Å². The average molecular weight is 264 g/mol. The van der Waals surface area contributed by atoms with E-state index < -0.39 is 5.82 Å². The van der Waals surface area contributed by atoms with Gasteiger partial charge in [-0.05, 0) is 35.4 Å². The third-order valence-electron chi connectivity index (χ3n) is 3.45. The van der Waals surface area contributed by atoms with Gasteiger partial charge < -0.3 is 0 Å². The van der Waals surface area contributed by atoms with E-state index in [2.05, 4.69) is 0 Å². The van der Waals surface area contributed by atoms with Crippen molar-refractivity contribution in [2.45, 2.75) is 6.92 Å². The first-order valence-corrected chi connectivity index (χ1v) is 6.45. The minimum absolute atomic E-state index is 0.125. The van der Waals surface area contributed by atoms with Gasteiger partial charge in [-0.3, -0.25) is 4.79 Å². The molecule has 0 atom stereocenters. The molecule has 0 heterocycles. The Balaban J connectivity index is 2.10. The van der Waals surface area contributed by atoms with E-state index in [1.54, 1.807) is 31.2 Å². The van der Waals surface area contributed by atoms with E-state index >= 15 is 0 Å². The molecule has 0 radical (unpaired) electrons. The van der Waals surface area contributed by atoms with Crippen LogP contribution in [-0.2, 0) is 0 Å². The first-order valence-electron chi connectivity index (χ1n) is 6.45. The summed E-state index contributed by atoms with van der Waals surface area (Å²) >= 11 is 0. The Hall–Kier alpha value is -2.48. The van der Waals surface area contributed by atoms with E-state index in [0.29, 0.717) is 11.1 Å². The number of hydrogen-bond acceptors (Lipinski definition) is 1. The predicted octanol–water partition coefficient (Wildman–Crippen LogP) is 4.52. The van der Waals surface area contributed by atoms with Crippen molar-refractivity contribution in [2.24, 2.45) is 0 Å². The molecular formula is C18H13FO. The molecule has 98 valence electrons. The van der Waals surface area contributed by atoms with Gasteiger partial charge in [-0.25, -0.2) is 4.39 Å². The molecule has 0 aliphatic rings. The average Bonchev–Trinajstić information content (AvgIpc) is 2.49. The van der Waals surface area contributed by atoms with Crippen LogP contribution in [0, 0.1) is 12.7 Å². The van der Waals surface area contributed by atoms with Crippen molar-refractivity contribution in [1.29, 1.82) is 0 Å². The van der Waals surface area contributed by atoms with Crippen molar-refractivity contribution in [3.05, 3.63) is 83.2 Å². The molecule has 1 nitrogen and oxygen atoms in total. The second-order valence-corrected chi connectivity index (χ2v) is 4.83. The maximum absolute atomic E-state index is 14.0. The third kappa shape index (κ3) is 2.10. The Kier molecular flexibility index (Phi) is 3.07. The number of hydrogen-bond donors (Lipinski definition) is 0. The highest BCUT2D eigenvalue weighted by Gasteiger charge is 2.15. The van der Waals surface area contributed by atoms with Crippen LogP contribution >= 0.6 is 0 Å². The van der Waals surface area contributed by atoms with Gasteiger partial charge in [0.1, 0.15) is 5.82 Å². The zero-order valence-corrected chi connectivity index (χ0v) is 11.1. The fourth-order valence-electron chi connectivity index (χ4n) is 2.31. The molecule has 0 bridgehead atoms. The van der Waals surface area contributed by atoms with Crippen LogP contribution in [0.25, 0.3) is 10.8 Å². The van der Waals surface area contributed by atoms with Crippen LogP contribution in [0.15, 0.2) is 60.7 Å². The minimum Gasteiger partial charge on any atom is -0.288 e. The van der Waals surface area contributed by atoms with Crippen molar-refractivity contribution in [1.82, 2.24) is 0 Å². The monoisotopic (exact) mass is 264 g/mol. The lowest BCUT2D eigenvalue weighted by atomic mass is 9.98. The SMILES string of the molecule is Cc1cccc(C(=O)c2ccc3ccccc3c2)c1F. The largest absolute Gasteiger partial charge is 0.288 e. The molecule has 0 unspecified atom stereocenters. The van der Waals surface area contributed by atoms with Gasteiger partial charge in [0.2, 0.25) is 0 Å². The Bertz CT molecular complexity index is 805. The van der Waals surface area contributed by atoms with Crippen molar-refractivity contribution in [3.63, 3.8) is 0 Å². The van der Waals surface area contributed by atoms with Crippen LogP contribution in [0.2, 0.25) is 0 Å². The van der Waals surface area contributed by atoms with Gasteiger partial charge >= 0.3 is 0 Å². The van der Waals surface area contributed by atoms with Crippen LogP contribution in [0.3, 0.4) is 0 Å². The minimum atomic E-state index is -0.439. The number of aryl methyl sites for hydroxylation is 1. The fourth-order valence-corrected chi connectivity index (χ4v) is 2.31. The zero-order chi connectivity index (χ0) is 14.1. The van der Waals surface area contributed by atoms with Gasteiger partial charge in [0.25, 0.3) is 0 Å². The van der Waals surface area contributed by atoms with Gasteiger partial charge in [-0.2, -0.15) is 0 Å². The molecule has 3 rings (SSSR count). The van der Waals surface area contributed by atoms with E-state index in [1.165, 1.54) is 6.07 Å². The molecule has 0 N–H and O–H groups in total. The maximum atomic E-state index is 14.0. The van der Waals surface area contributed by atoms with E-state index in [9.17, 15) is 9.18 Å². The summed E-state index contributed by atoms with van der Waals surface area (Å²) < 4.78 is 14.0. The highest BCUT2D eigenvalue weighted by Crippen LogP contribution is 2.20. The Morgan fingerprint density at radius 1 is 0.900 bits per heavy atom. The number of halogens is 1. The molecule has 3 aromatic rings. The summed E-state index contributed by atoms with van der Waals surface area (Å²) in [6.45, 7) is 1.66. The van der Waals surface area contributed by atoms with E-state index in [4.69, 9.17) is 0 Å². The Morgan fingerprint density at radius 2 is 1.65 bits per heavy atom. The van der Waals surface area contributed by atoms with Crippen molar-refractivity contribution in [3.8, 4) is 0 Å². The summed E-state index contributed by atoms with van der Waals surface area (Å²) in [5.74, 6) is -0.720. The van der Waals surface area contributed by atoms with Crippen LogP contribution in [0.4, 0.5) is 4.39 Å². The van der Waals surface area contributed by atoms with Gasteiger partial charge in [-0.15, -0.1) is 0 Å². The second kappa shape index (κ2) is 4.89. The number of ketones is 1. The van der Waals surface area contributed by atoms with Crippen molar-refractivity contribution < 1.29 is 9.18 Å². The Labute approximate surface area is 116 Å². The highest BCUT2D eigenvalue weighted by molar-refractivity contribution is 6.10. The molecular weight excluding hydrogens is 251 g/mol. The number of fused-ring (bicyclic) bond motifs is 1. The number of carbonyl (C=O) groups is 1. The summed E-state index contributed by atoms with van der Waals surface area (Å²) in [7, 11) is 0. The maximum Gasteiger partial charge on any atom is 0.195 e. The van der Waals surface area contributed by atoms with E-state index in [-0.39, 0.29) is 11.3 Å². The second-order valence-electron chi connectivity index (χ2n) is 4.83. The van der Waals surface area contributed by atoms with E-state index in [0.717, 1.165) is 10.8 Å². The van der Waals surface area contributed by atoms with Gasteiger partial charge in [-0.1, -0.05) is 48.5 Å². The Morgan fingerprint density at radius 3 is 2.45 bits per heavy atom. The predicted molar refractivity (Wildman–Crippen MR) is 78.5 cm³/mol. The lowest BCUT2D eigenvalue weighted by Crippen LogP contribution is -2.05. The molecule has 0 saturated heterocycles. The summed E-state index contributed by atoms with van der Waals surface area (Å²) in [5.41, 5.74) is 1.12. The molecule has 0 aliphatic heterocycles. The first kappa shape index (κ1) is 12.5. The molecule has 0 aromatic heterocycles. The third-order valence-corrected chi connectivity index (χ3v) is 3.45.